The number of aryl methyl sites for hydroxylation is 3. The van der Waals surface area contributed by atoms with Gasteiger partial charge in [-0.3, -0.25) is 4.98 Å². The van der Waals surface area contributed by atoms with Crippen molar-refractivity contribution in [3.8, 4) is 11.3 Å². The average Bonchev–Trinajstić information content (AvgIpc) is 2.25. The van der Waals surface area contributed by atoms with E-state index in [4.69, 9.17) is 0 Å². The van der Waals surface area contributed by atoms with Gasteiger partial charge in [0.25, 0.3) is 0 Å². The van der Waals surface area contributed by atoms with Crippen molar-refractivity contribution in [2.24, 2.45) is 0 Å². The van der Waals surface area contributed by atoms with Gasteiger partial charge in [-0.05, 0) is 56.5 Å². The molecule has 2 rings (SSSR count). The lowest BCUT2D eigenvalue weighted by Gasteiger charge is -2.10. The summed E-state index contributed by atoms with van der Waals surface area (Å²) < 4.78 is 0. The molecule has 0 saturated carbocycles. The second-order valence-corrected chi connectivity index (χ2v) is 4.48. The summed E-state index contributed by atoms with van der Waals surface area (Å²) >= 11 is 0. The Morgan fingerprint density at radius 1 is 0.875 bits per heavy atom. The van der Waals surface area contributed by atoms with Crippen molar-refractivity contribution in [1.82, 2.24) is 4.98 Å². The second kappa shape index (κ2) is 4.09. The van der Waals surface area contributed by atoms with Gasteiger partial charge in [0.15, 0.2) is 0 Å². The molecule has 1 aromatic carbocycles. The SMILES string of the molecule is Cc1ccc(-c2cc(C)cc(C)c2C)nc1. The molecule has 2 aromatic rings. The van der Waals surface area contributed by atoms with Gasteiger partial charge in [0.2, 0.25) is 0 Å². The summed E-state index contributed by atoms with van der Waals surface area (Å²) in [6, 6.07) is 8.63. The van der Waals surface area contributed by atoms with E-state index in [0.29, 0.717) is 0 Å². The van der Waals surface area contributed by atoms with Crippen LogP contribution >= 0.6 is 0 Å². The summed E-state index contributed by atoms with van der Waals surface area (Å²) in [6.07, 6.45) is 1.92. The van der Waals surface area contributed by atoms with Crippen molar-refractivity contribution >= 4 is 0 Å². The van der Waals surface area contributed by atoms with Crippen molar-refractivity contribution in [3.05, 3.63) is 52.7 Å². The molecule has 1 heteroatoms. The molecule has 0 amide bonds. The molecule has 0 aliphatic carbocycles. The second-order valence-electron chi connectivity index (χ2n) is 4.48. The minimum atomic E-state index is 1.06. The van der Waals surface area contributed by atoms with Crippen LogP contribution in [-0.2, 0) is 0 Å². The van der Waals surface area contributed by atoms with Crippen LogP contribution < -0.4 is 0 Å². The third-order valence-electron chi connectivity index (χ3n) is 3.00. The highest BCUT2D eigenvalue weighted by Crippen LogP contribution is 2.25. The Hall–Kier alpha value is -1.63. The Morgan fingerprint density at radius 2 is 1.62 bits per heavy atom. The van der Waals surface area contributed by atoms with E-state index in [-0.39, 0.29) is 0 Å². The van der Waals surface area contributed by atoms with Crippen LogP contribution in [0.3, 0.4) is 0 Å². The molecular formula is C15H17N. The van der Waals surface area contributed by atoms with Gasteiger partial charge in [0, 0.05) is 11.8 Å². The Labute approximate surface area is 97.2 Å². The molecular weight excluding hydrogens is 194 g/mol. The van der Waals surface area contributed by atoms with E-state index in [1.807, 2.05) is 6.20 Å². The zero-order valence-electron chi connectivity index (χ0n) is 10.3. The molecule has 82 valence electrons. The standard InChI is InChI=1S/C15H17N/c1-10-5-6-15(16-9-10)14-8-11(2)7-12(3)13(14)4/h5-9H,1-4H3. The van der Waals surface area contributed by atoms with Gasteiger partial charge in [0.1, 0.15) is 0 Å². The van der Waals surface area contributed by atoms with Gasteiger partial charge in [-0.15, -0.1) is 0 Å². The van der Waals surface area contributed by atoms with Crippen LogP contribution in [-0.4, -0.2) is 4.98 Å². The number of rotatable bonds is 1. The predicted molar refractivity (Wildman–Crippen MR) is 68.6 cm³/mol. The number of hydrogen-bond donors (Lipinski definition) is 0. The van der Waals surface area contributed by atoms with Crippen molar-refractivity contribution < 1.29 is 0 Å². The van der Waals surface area contributed by atoms with Crippen LogP contribution in [0.25, 0.3) is 11.3 Å². The van der Waals surface area contributed by atoms with E-state index >= 15 is 0 Å². The van der Waals surface area contributed by atoms with Gasteiger partial charge in [-0.1, -0.05) is 17.7 Å². The topological polar surface area (TPSA) is 12.9 Å². The summed E-state index contributed by atoms with van der Waals surface area (Å²) in [5.74, 6) is 0. The minimum Gasteiger partial charge on any atom is -0.256 e. The summed E-state index contributed by atoms with van der Waals surface area (Å²) in [7, 11) is 0. The molecule has 0 radical (unpaired) electrons. The Morgan fingerprint density at radius 3 is 2.25 bits per heavy atom. The number of hydrogen-bond acceptors (Lipinski definition) is 1. The zero-order valence-corrected chi connectivity index (χ0v) is 10.3. The third kappa shape index (κ3) is 1.99. The number of aromatic nitrogens is 1. The molecule has 0 bridgehead atoms. The van der Waals surface area contributed by atoms with Crippen LogP contribution in [0.15, 0.2) is 30.5 Å². The largest absolute Gasteiger partial charge is 0.256 e. The number of benzene rings is 1. The van der Waals surface area contributed by atoms with Crippen LogP contribution in [0.4, 0.5) is 0 Å². The first-order chi connectivity index (χ1) is 7.58. The maximum Gasteiger partial charge on any atom is 0.0705 e. The summed E-state index contributed by atoms with van der Waals surface area (Å²) in [4.78, 5) is 4.49. The minimum absolute atomic E-state index is 1.06. The van der Waals surface area contributed by atoms with Crippen molar-refractivity contribution in [1.29, 1.82) is 0 Å². The van der Waals surface area contributed by atoms with Gasteiger partial charge < -0.3 is 0 Å². The Balaban J connectivity index is 2.59. The normalized spacial score (nSPS) is 10.5. The molecule has 0 fully saturated rings. The molecule has 1 heterocycles. The van der Waals surface area contributed by atoms with Crippen LogP contribution in [0.5, 0.6) is 0 Å². The Bertz CT molecular complexity index is 510. The van der Waals surface area contributed by atoms with E-state index in [2.05, 4.69) is 56.9 Å². The molecule has 0 spiro atoms. The molecule has 16 heavy (non-hydrogen) atoms. The molecule has 0 atom stereocenters. The van der Waals surface area contributed by atoms with Crippen molar-refractivity contribution in [2.45, 2.75) is 27.7 Å². The van der Waals surface area contributed by atoms with Crippen LogP contribution in [0.2, 0.25) is 0 Å². The highest BCUT2D eigenvalue weighted by molar-refractivity contribution is 5.66. The highest BCUT2D eigenvalue weighted by atomic mass is 14.7. The third-order valence-corrected chi connectivity index (χ3v) is 3.00. The van der Waals surface area contributed by atoms with Gasteiger partial charge >= 0.3 is 0 Å². The molecule has 0 aliphatic rings. The van der Waals surface area contributed by atoms with Crippen LogP contribution in [0, 0.1) is 27.7 Å². The fourth-order valence-corrected chi connectivity index (χ4v) is 1.93. The lowest BCUT2D eigenvalue weighted by Crippen LogP contribution is -1.91. The quantitative estimate of drug-likeness (QED) is 0.695. The van der Waals surface area contributed by atoms with E-state index in [1.165, 1.54) is 27.8 Å². The fraction of sp³-hybridized carbons (Fsp3) is 0.267. The molecule has 0 saturated heterocycles. The first kappa shape index (κ1) is 10.9. The van der Waals surface area contributed by atoms with Crippen LogP contribution in [0.1, 0.15) is 22.3 Å². The first-order valence-corrected chi connectivity index (χ1v) is 5.59. The van der Waals surface area contributed by atoms with Gasteiger partial charge in [0.05, 0.1) is 5.69 Å². The molecule has 0 aliphatic heterocycles. The number of nitrogens with zero attached hydrogens (tertiary/aromatic N) is 1. The summed E-state index contributed by atoms with van der Waals surface area (Å²) in [5, 5.41) is 0. The van der Waals surface area contributed by atoms with Gasteiger partial charge in [-0.25, -0.2) is 0 Å². The van der Waals surface area contributed by atoms with E-state index < -0.39 is 0 Å². The van der Waals surface area contributed by atoms with E-state index in [0.717, 1.165) is 5.69 Å². The summed E-state index contributed by atoms with van der Waals surface area (Å²) in [6.45, 7) is 8.50. The average molecular weight is 211 g/mol. The first-order valence-electron chi connectivity index (χ1n) is 5.59. The van der Waals surface area contributed by atoms with E-state index in [1.54, 1.807) is 0 Å². The van der Waals surface area contributed by atoms with Gasteiger partial charge in [-0.2, -0.15) is 0 Å². The molecule has 1 nitrogen and oxygen atoms in total. The van der Waals surface area contributed by atoms with E-state index in [9.17, 15) is 0 Å². The highest BCUT2D eigenvalue weighted by Gasteiger charge is 2.06. The molecule has 0 unspecified atom stereocenters. The number of pyridine rings is 1. The van der Waals surface area contributed by atoms with Crippen molar-refractivity contribution in [3.63, 3.8) is 0 Å². The summed E-state index contributed by atoms with van der Waals surface area (Å²) in [5.41, 5.74) is 7.46. The fourth-order valence-electron chi connectivity index (χ4n) is 1.93. The Kier molecular flexibility index (Phi) is 2.78. The molecule has 1 aromatic heterocycles. The monoisotopic (exact) mass is 211 g/mol. The zero-order chi connectivity index (χ0) is 11.7. The lowest BCUT2D eigenvalue weighted by atomic mass is 9.97. The van der Waals surface area contributed by atoms with Crippen molar-refractivity contribution in [2.75, 3.05) is 0 Å². The molecule has 0 N–H and O–H groups in total. The lowest BCUT2D eigenvalue weighted by molar-refractivity contribution is 1.23. The maximum absolute atomic E-state index is 4.49. The smallest absolute Gasteiger partial charge is 0.0705 e. The predicted octanol–water partition coefficient (Wildman–Crippen LogP) is 3.98. The maximum atomic E-state index is 4.49.